The van der Waals surface area contributed by atoms with Crippen molar-refractivity contribution in [3.63, 3.8) is 0 Å². The van der Waals surface area contributed by atoms with Crippen molar-refractivity contribution in [1.29, 1.82) is 5.41 Å². The predicted molar refractivity (Wildman–Crippen MR) is 47.1 cm³/mol. The van der Waals surface area contributed by atoms with Gasteiger partial charge in [0.1, 0.15) is 5.84 Å². The third-order valence-corrected chi connectivity index (χ3v) is 1.58. The van der Waals surface area contributed by atoms with Gasteiger partial charge >= 0.3 is 0 Å². The van der Waals surface area contributed by atoms with E-state index in [4.69, 9.17) is 5.41 Å². The Balaban J connectivity index is 0.000000605. The molecule has 1 aromatic rings. The van der Waals surface area contributed by atoms with Gasteiger partial charge in [-0.05, 0) is 11.6 Å². The topological polar surface area (TPSA) is 52.0 Å². The first-order valence-corrected chi connectivity index (χ1v) is 3.14. The molecule has 0 saturated heterocycles. The van der Waals surface area contributed by atoms with Gasteiger partial charge in [0.2, 0.25) is 0 Å². The van der Waals surface area contributed by atoms with Crippen LogP contribution in [0.4, 0.5) is 0 Å². The van der Waals surface area contributed by atoms with Gasteiger partial charge in [-0.3, -0.25) is 5.41 Å². The van der Waals surface area contributed by atoms with Gasteiger partial charge < -0.3 is 4.98 Å². The lowest BCUT2D eigenvalue weighted by Gasteiger charge is -2.03. The fourth-order valence-electron chi connectivity index (χ4n) is 1.06. The number of amidine groups is 1. The molecule has 1 aliphatic rings. The average Bonchev–Trinajstić information content (AvgIpc) is 2.33. The smallest absolute Gasteiger partial charge is 0.125 e. The lowest BCUT2D eigenvalue weighted by atomic mass is 10.1. The molecule has 2 rings (SSSR count). The molecule has 0 aromatic carbocycles. The average molecular weight is 170 g/mol. The van der Waals surface area contributed by atoms with E-state index in [1.807, 2.05) is 12.3 Å². The van der Waals surface area contributed by atoms with Crippen LogP contribution in [0.2, 0.25) is 0 Å². The SMILES string of the molecule is Cl.N=C1Cc2cc[nH]c2C=N1. The van der Waals surface area contributed by atoms with E-state index in [1.165, 1.54) is 5.56 Å². The summed E-state index contributed by atoms with van der Waals surface area (Å²) in [6.07, 6.45) is 4.23. The van der Waals surface area contributed by atoms with Crippen molar-refractivity contribution in [3.05, 3.63) is 23.5 Å². The van der Waals surface area contributed by atoms with Crippen molar-refractivity contribution < 1.29 is 0 Å². The Bertz CT molecular complexity index is 300. The van der Waals surface area contributed by atoms with E-state index >= 15 is 0 Å². The van der Waals surface area contributed by atoms with E-state index in [2.05, 4.69) is 9.98 Å². The fraction of sp³-hybridized carbons (Fsp3) is 0.143. The number of nitrogens with one attached hydrogen (secondary N) is 2. The molecule has 11 heavy (non-hydrogen) atoms. The zero-order chi connectivity index (χ0) is 6.97. The Morgan fingerprint density at radius 3 is 3.18 bits per heavy atom. The van der Waals surface area contributed by atoms with Crippen LogP contribution in [0.1, 0.15) is 11.3 Å². The summed E-state index contributed by atoms with van der Waals surface area (Å²) in [7, 11) is 0. The summed E-state index contributed by atoms with van der Waals surface area (Å²) < 4.78 is 0. The lowest BCUT2D eigenvalue weighted by Crippen LogP contribution is -2.06. The van der Waals surface area contributed by atoms with Crippen molar-refractivity contribution in [3.8, 4) is 0 Å². The molecule has 0 radical (unpaired) electrons. The summed E-state index contributed by atoms with van der Waals surface area (Å²) in [6, 6.07) is 1.98. The molecule has 0 amide bonds. The summed E-state index contributed by atoms with van der Waals surface area (Å²) in [4.78, 5) is 6.90. The predicted octanol–water partition coefficient (Wildman–Crippen LogP) is 1.39. The standard InChI is InChI=1S/C7H7N3.ClH/c8-7-3-5-1-2-9-6(5)4-10-7;/h1-2,4,8-9H,3H2;1H. The summed E-state index contributed by atoms with van der Waals surface area (Å²) in [5.41, 5.74) is 2.20. The second-order valence-corrected chi connectivity index (χ2v) is 2.30. The molecule has 0 aliphatic carbocycles. The van der Waals surface area contributed by atoms with Crippen LogP contribution in [0.25, 0.3) is 0 Å². The highest BCUT2D eigenvalue weighted by Crippen LogP contribution is 2.09. The first kappa shape index (κ1) is 8.01. The molecule has 1 aliphatic heterocycles. The van der Waals surface area contributed by atoms with Gasteiger partial charge in [-0.15, -0.1) is 12.4 Å². The second-order valence-electron chi connectivity index (χ2n) is 2.30. The third-order valence-electron chi connectivity index (χ3n) is 1.58. The highest BCUT2D eigenvalue weighted by molar-refractivity contribution is 5.98. The minimum Gasteiger partial charge on any atom is -0.360 e. The molecule has 0 unspecified atom stereocenters. The number of nitrogens with zero attached hydrogens (tertiary/aromatic N) is 1. The number of hydrogen-bond acceptors (Lipinski definition) is 1. The monoisotopic (exact) mass is 169 g/mol. The molecule has 2 N–H and O–H groups in total. The Morgan fingerprint density at radius 2 is 2.36 bits per heavy atom. The molecule has 0 fully saturated rings. The summed E-state index contributed by atoms with van der Waals surface area (Å²) in [5.74, 6) is 0.437. The molecule has 0 atom stereocenters. The fourth-order valence-corrected chi connectivity index (χ4v) is 1.06. The Labute approximate surface area is 70.5 Å². The summed E-state index contributed by atoms with van der Waals surface area (Å²) in [6.45, 7) is 0. The number of rotatable bonds is 0. The van der Waals surface area contributed by atoms with Gasteiger partial charge in [0.05, 0.1) is 11.9 Å². The number of aliphatic imine (C=N–C) groups is 1. The molecule has 1 aromatic heterocycles. The van der Waals surface area contributed by atoms with Crippen LogP contribution in [0.3, 0.4) is 0 Å². The van der Waals surface area contributed by atoms with E-state index in [9.17, 15) is 0 Å². The first-order valence-electron chi connectivity index (χ1n) is 3.14. The number of aromatic amines is 1. The third kappa shape index (κ3) is 1.33. The van der Waals surface area contributed by atoms with Gasteiger partial charge in [0, 0.05) is 12.6 Å². The molecular formula is C7H8ClN3. The Morgan fingerprint density at radius 1 is 1.55 bits per heavy atom. The Hall–Kier alpha value is -1.09. The molecule has 0 saturated carbocycles. The van der Waals surface area contributed by atoms with Crippen LogP contribution in [0.5, 0.6) is 0 Å². The molecular weight excluding hydrogens is 162 g/mol. The van der Waals surface area contributed by atoms with E-state index in [-0.39, 0.29) is 12.4 Å². The van der Waals surface area contributed by atoms with Crippen molar-refractivity contribution >= 4 is 24.5 Å². The van der Waals surface area contributed by atoms with E-state index in [0.29, 0.717) is 12.3 Å². The van der Waals surface area contributed by atoms with Crippen LogP contribution in [0, 0.1) is 5.41 Å². The number of halogens is 1. The molecule has 58 valence electrons. The van der Waals surface area contributed by atoms with Gasteiger partial charge in [0.25, 0.3) is 0 Å². The zero-order valence-corrected chi connectivity index (χ0v) is 6.61. The second kappa shape index (κ2) is 2.88. The number of fused-ring (bicyclic) bond motifs is 1. The van der Waals surface area contributed by atoms with Crippen LogP contribution < -0.4 is 0 Å². The highest BCUT2D eigenvalue weighted by Gasteiger charge is 2.08. The maximum atomic E-state index is 7.25. The number of H-pyrrole nitrogens is 1. The van der Waals surface area contributed by atoms with Crippen LogP contribution in [-0.4, -0.2) is 17.0 Å². The van der Waals surface area contributed by atoms with Crippen LogP contribution in [-0.2, 0) is 6.42 Å². The van der Waals surface area contributed by atoms with Crippen LogP contribution in [0.15, 0.2) is 17.3 Å². The van der Waals surface area contributed by atoms with Crippen molar-refractivity contribution in [2.45, 2.75) is 6.42 Å². The highest BCUT2D eigenvalue weighted by atomic mass is 35.5. The van der Waals surface area contributed by atoms with Gasteiger partial charge in [-0.1, -0.05) is 0 Å². The number of aromatic nitrogens is 1. The van der Waals surface area contributed by atoms with E-state index < -0.39 is 0 Å². The Kier molecular flexibility index (Phi) is 2.10. The molecule has 0 spiro atoms. The molecule has 2 heterocycles. The normalized spacial score (nSPS) is 14.0. The summed E-state index contributed by atoms with van der Waals surface area (Å²) >= 11 is 0. The quantitative estimate of drug-likeness (QED) is 0.590. The maximum Gasteiger partial charge on any atom is 0.125 e. The van der Waals surface area contributed by atoms with E-state index in [0.717, 1.165) is 5.69 Å². The zero-order valence-electron chi connectivity index (χ0n) is 5.79. The molecule has 0 bridgehead atoms. The molecule has 4 heteroatoms. The van der Waals surface area contributed by atoms with E-state index in [1.54, 1.807) is 6.21 Å². The largest absolute Gasteiger partial charge is 0.360 e. The minimum absolute atomic E-state index is 0. The maximum absolute atomic E-state index is 7.25. The summed E-state index contributed by atoms with van der Waals surface area (Å²) in [5, 5.41) is 7.25. The van der Waals surface area contributed by atoms with Gasteiger partial charge in [0.15, 0.2) is 0 Å². The number of hydrogen-bond donors (Lipinski definition) is 2. The molecule has 3 nitrogen and oxygen atoms in total. The minimum atomic E-state index is 0. The van der Waals surface area contributed by atoms with Crippen molar-refractivity contribution in [2.24, 2.45) is 4.99 Å². The lowest BCUT2D eigenvalue weighted by molar-refractivity contribution is 1.21. The van der Waals surface area contributed by atoms with Crippen molar-refractivity contribution in [1.82, 2.24) is 4.98 Å². The van der Waals surface area contributed by atoms with Crippen molar-refractivity contribution in [2.75, 3.05) is 0 Å². The van der Waals surface area contributed by atoms with Gasteiger partial charge in [-0.25, -0.2) is 4.99 Å². The first-order chi connectivity index (χ1) is 4.86. The van der Waals surface area contributed by atoms with Crippen LogP contribution >= 0.6 is 12.4 Å². The van der Waals surface area contributed by atoms with Gasteiger partial charge in [-0.2, -0.15) is 0 Å².